The Morgan fingerprint density at radius 1 is 1.29 bits per heavy atom. The van der Waals surface area contributed by atoms with Crippen LogP contribution in [0.5, 0.6) is 5.75 Å². The second kappa shape index (κ2) is 9.84. The average Bonchev–Trinajstić information content (AvgIpc) is 3.37. The van der Waals surface area contributed by atoms with Crippen LogP contribution < -0.4 is 15.6 Å². The lowest BCUT2D eigenvalue weighted by atomic mass is 10.1. The number of pyridine rings is 1. The molecule has 1 atom stereocenters. The molecule has 0 bridgehead atoms. The van der Waals surface area contributed by atoms with Gasteiger partial charge >= 0.3 is 0 Å². The summed E-state index contributed by atoms with van der Waals surface area (Å²) in [5.41, 5.74) is 1.49. The molecule has 3 aromatic heterocycles. The van der Waals surface area contributed by atoms with E-state index >= 15 is 0 Å². The van der Waals surface area contributed by atoms with E-state index in [-0.39, 0.29) is 35.6 Å². The first-order chi connectivity index (χ1) is 16.3. The molecule has 0 saturated heterocycles. The summed E-state index contributed by atoms with van der Waals surface area (Å²) in [4.78, 5) is 46.3. The number of ether oxygens (including phenoxy) is 1. The van der Waals surface area contributed by atoms with E-state index in [2.05, 4.69) is 10.3 Å². The van der Waals surface area contributed by atoms with Gasteiger partial charge in [0.25, 0.3) is 11.5 Å². The fourth-order valence-corrected chi connectivity index (χ4v) is 5.20. The van der Waals surface area contributed by atoms with Crippen LogP contribution in [0.1, 0.15) is 50.4 Å². The summed E-state index contributed by atoms with van der Waals surface area (Å²) in [5.74, 6) is 0.463. The molecule has 2 amide bonds. The molecular formula is C24H28N4O5S. The van der Waals surface area contributed by atoms with E-state index in [1.807, 2.05) is 20.8 Å². The second-order valence-electron chi connectivity index (χ2n) is 8.28. The number of carbonyl (C=O) groups is 2. The Hall–Kier alpha value is -3.40. The Balaban J connectivity index is 1.58. The van der Waals surface area contributed by atoms with Gasteiger partial charge in [-0.05, 0) is 32.9 Å². The van der Waals surface area contributed by atoms with Gasteiger partial charge in [0.2, 0.25) is 5.91 Å². The number of hydrogen-bond donors (Lipinski definition) is 1. The van der Waals surface area contributed by atoms with Gasteiger partial charge in [0, 0.05) is 42.7 Å². The van der Waals surface area contributed by atoms with Crippen molar-refractivity contribution in [2.75, 3.05) is 20.2 Å². The van der Waals surface area contributed by atoms with Crippen molar-refractivity contribution >= 4 is 23.2 Å². The quantitative estimate of drug-likeness (QED) is 0.577. The molecule has 0 fully saturated rings. The monoisotopic (exact) mass is 484 g/mol. The van der Waals surface area contributed by atoms with Gasteiger partial charge < -0.3 is 23.9 Å². The molecule has 0 aliphatic carbocycles. The zero-order valence-electron chi connectivity index (χ0n) is 19.7. The SMILES string of the molecule is COc1cc(=O)n2c(c1C(=O)NC(C)c1ccco1)CCN(C(=O)Cc1sc(C)nc1C)CC2. The minimum Gasteiger partial charge on any atom is -0.496 e. The maximum Gasteiger partial charge on any atom is 0.257 e. The predicted molar refractivity (Wildman–Crippen MR) is 127 cm³/mol. The van der Waals surface area contributed by atoms with Crippen LogP contribution in [0.25, 0.3) is 0 Å². The number of carbonyl (C=O) groups excluding carboxylic acids is 2. The van der Waals surface area contributed by atoms with E-state index in [4.69, 9.17) is 9.15 Å². The second-order valence-corrected chi connectivity index (χ2v) is 9.57. The average molecular weight is 485 g/mol. The van der Waals surface area contributed by atoms with Crippen LogP contribution in [0.15, 0.2) is 33.7 Å². The Morgan fingerprint density at radius 3 is 2.74 bits per heavy atom. The maximum atomic E-state index is 13.3. The molecule has 3 aromatic rings. The number of hydrogen-bond acceptors (Lipinski definition) is 7. The molecule has 10 heteroatoms. The molecule has 1 aliphatic heterocycles. The highest BCUT2D eigenvalue weighted by Crippen LogP contribution is 2.25. The first-order valence-corrected chi connectivity index (χ1v) is 12.0. The van der Waals surface area contributed by atoms with Crippen LogP contribution in [-0.2, 0) is 24.2 Å². The Bertz CT molecular complexity index is 1260. The lowest BCUT2D eigenvalue weighted by molar-refractivity contribution is -0.130. The van der Waals surface area contributed by atoms with Gasteiger partial charge in [0.15, 0.2) is 0 Å². The molecule has 0 saturated carbocycles. The highest BCUT2D eigenvalue weighted by Gasteiger charge is 2.28. The Kier molecular flexibility index (Phi) is 6.87. The molecule has 180 valence electrons. The minimum absolute atomic E-state index is 0.0167. The molecule has 0 radical (unpaired) electrons. The highest BCUT2D eigenvalue weighted by atomic mass is 32.1. The summed E-state index contributed by atoms with van der Waals surface area (Å²) in [6.07, 6.45) is 2.18. The third kappa shape index (κ3) is 4.77. The van der Waals surface area contributed by atoms with Gasteiger partial charge in [-0.25, -0.2) is 4.98 Å². The van der Waals surface area contributed by atoms with Crippen LogP contribution in [0.3, 0.4) is 0 Å². The predicted octanol–water partition coefficient (Wildman–Crippen LogP) is 2.64. The van der Waals surface area contributed by atoms with E-state index in [9.17, 15) is 14.4 Å². The topological polar surface area (TPSA) is 107 Å². The smallest absolute Gasteiger partial charge is 0.257 e. The van der Waals surface area contributed by atoms with Crippen molar-refractivity contribution in [1.29, 1.82) is 0 Å². The van der Waals surface area contributed by atoms with Crippen molar-refractivity contribution in [3.8, 4) is 5.75 Å². The molecule has 1 N–H and O–H groups in total. The highest BCUT2D eigenvalue weighted by molar-refractivity contribution is 7.11. The van der Waals surface area contributed by atoms with E-state index in [1.54, 1.807) is 27.9 Å². The van der Waals surface area contributed by atoms with Crippen LogP contribution in [0.4, 0.5) is 0 Å². The molecule has 34 heavy (non-hydrogen) atoms. The van der Waals surface area contributed by atoms with Crippen LogP contribution >= 0.6 is 11.3 Å². The van der Waals surface area contributed by atoms with Crippen molar-refractivity contribution in [3.63, 3.8) is 0 Å². The number of amides is 2. The van der Waals surface area contributed by atoms with Gasteiger partial charge in [-0.2, -0.15) is 0 Å². The fraction of sp³-hybridized carbons (Fsp3) is 0.417. The third-order valence-corrected chi connectivity index (χ3v) is 7.09. The van der Waals surface area contributed by atoms with E-state index in [0.29, 0.717) is 43.1 Å². The van der Waals surface area contributed by atoms with Gasteiger partial charge in [-0.15, -0.1) is 11.3 Å². The molecule has 0 aromatic carbocycles. The fourth-order valence-electron chi connectivity index (χ4n) is 4.27. The zero-order valence-corrected chi connectivity index (χ0v) is 20.5. The normalized spacial score (nSPS) is 14.3. The summed E-state index contributed by atoms with van der Waals surface area (Å²) in [6.45, 7) is 6.74. The minimum atomic E-state index is -0.366. The lowest BCUT2D eigenvalue weighted by Crippen LogP contribution is -2.35. The summed E-state index contributed by atoms with van der Waals surface area (Å²) in [5, 5.41) is 3.86. The van der Waals surface area contributed by atoms with Crippen molar-refractivity contribution in [3.05, 3.63) is 67.4 Å². The van der Waals surface area contributed by atoms with Gasteiger partial charge in [0.05, 0.1) is 36.5 Å². The number of nitrogens with one attached hydrogen (secondary N) is 1. The van der Waals surface area contributed by atoms with Crippen LogP contribution in [0, 0.1) is 13.8 Å². The maximum absolute atomic E-state index is 13.3. The van der Waals surface area contributed by atoms with Gasteiger partial charge in [-0.3, -0.25) is 14.4 Å². The van der Waals surface area contributed by atoms with Crippen molar-refractivity contribution in [2.45, 2.75) is 46.2 Å². The number of thiazole rings is 1. The first kappa shape index (κ1) is 23.7. The number of fused-ring (bicyclic) bond motifs is 1. The molecule has 4 heterocycles. The Labute approximate surface area is 201 Å². The number of furan rings is 1. The van der Waals surface area contributed by atoms with Gasteiger partial charge in [-0.1, -0.05) is 0 Å². The van der Waals surface area contributed by atoms with Crippen molar-refractivity contribution in [1.82, 2.24) is 19.8 Å². The number of aromatic nitrogens is 2. The van der Waals surface area contributed by atoms with E-state index in [1.165, 1.54) is 24.5 Å². The number of rotatable bonds is 6. The molecule has 0 spiro atoms. The van der Waals surface area contributed by atoms with Crippen LogP contribution in [-0.4, -0.2) is 46.5 Å². The summed E-state index contributed by atoms with van der Waals surface area (Å²) < 4.78 is 12.4. The summed E-state index contributed by atoms with van der Waals surface area (Å²) in [7, 11) is 1.44. The van der Waals surface area contributed by atoms with Gasteiger partial charge in [0.1, 0.15) is 17.1 Å². The summed E-state index contributed by atoms with van der Waals surface area (Å²) in [6, 6.07) is 4.51. The first-order valence-electron chi connectivity index (χ1n) is 11.1. The number of aryl methyl sites for hydroxylation is 2. The Morgan fingerprint density at radius 2 is 2.09 bits per heavy atom. The molecular weight excluding hydrogens is 456 g/mol. The lowest BCUT2D eigenvalue weighted by Gasteiger charge is -2.19. The number of methoxy groups -OCH3 is 1. The molecule has 1 unspecified atom stereocenters. The largest absolute Gasteiger partial charge is 0.496 e. The van der Waals surface area contributed by atoms with Crippen molar-refractivity contribution in [2.24, 2.45) is 0 Å². The van der Waals surface area contributed by atoms with Crippen LogP contribution in [0.2, 0.25) is 0 Å². The molecule has 4 rings (SSSR count). The molecule has 1 aliphatic rings. The standard InChI is InChI=1S/C24H28N4O5S/c1-14(18-6-5-11-33-18)26-24(31)23-17-7-8-27(9-10-28(17)22(30)12-19(23)32-4)21(29)13-20-15(2)25-16(3)34-20/h5-6,11-12,14H,7-10,13H2,1-4H3,(H,26,31). The molecule has 9 nitrogen and oxygen atoms in total. The zero-order chi connectivity index (χ0) is 24.4. The van der Waals surface area contributed by atoms with E-state index in [0.717, 1.165) is 15.6 Å². The number of nitrogens with zero attached hydrogens (tertiary/aromatic N) is 3. The van der Waals surface area contributed by atoms with E-state index < -0.39 is 0 Å². The summed E-state index contributed by atoms with van der Waals surface area (Å²) >= 11 is 1.53. The third-order valence-electron chi connectivity index (χ3n) is 6.02. The van der Waals surface area contributed by atoms with Crippen molar-refractivity contribution < 1.29 is 18.7 Å².